The van der Waals surface area contributed by atoms with Crippen molar-refractivity contribution in [2.75, 3.05) is 26.3 Å². The molecule has 1 aromatic carbocycles. The molecule has 0 saturated carbocycles. The molecule has 0 N–H and O–H groups in total. The van der Waals surface area contributed by atoms with Gasteiger partial charge in [-0.15, -0.1) is 0 Å². The second-order valence-corrected chi connectivity index (χ2v) is 7.91. The van der Waals surface area contributed by atoms with E-state index in [9.17, 15) is 9.59 Å². The van der Waals surface area contributed by atoms with Crippen molar-refractivity contribution < 1.29 is 23.5 Å². The average Bonchev–Trinajstić information content (AvgIpc) is 3.08. The topological polar surface area (TPSA) is 69.0 Å². The Hall–Kier alpha value is -2.50. The number of carbonyl (C=O) groups excluding carboxylic acids is 2. The number of nitrogens with zero attached hydrogens (tertiary/aromatic N) is 1. The molecule has 2 aliphatic rings. The molecular weight excluding hydrogens is 358 g/mol. The van der Waals surface area contributed by atoms with Gasteiger partial charge >= 0.3 is 5.97 Å². The van der Waals surface area contributed by atoms with Crippen LogP contribution >= 0.6 is 0 Å². The van der Waals surface area contributed by atoms with Crippen LogP contribution in [-0.2, 0) is 27.2 Å². The normalized spacial score (nSPS) is 19.3. The SMILES string of the molecule is CC1CCCN(C(=O)COC(=O)COc2ccc3oc4c(c3c2)CCCC4)C1. The lowest BCUT2D eigenvalue weighted by Gasteiger charge is -2.30. The third-order valence-electron chi connectivity index (χ3n) is 5.65. The molecule has 1 unspecified atom stereocenters. The number of hydrogen-bond donors (Lipinski definition) is 0. The minimum absolute atomic E-state index is 0.133. The number of ether oxygens (including phenoxy) is 2. The van der Waals surface area contributed by atoms with Gasteiger partial charge in [-0.3, -0.25) is 4.79 Å². The fourth-order valence-electron chi connectivity index (χ4n) is 4.16. The number of hydrogen-bond acceptors (Lipinski definition) is 5. The van der Waals surface area contributed by atoms with Crippen LogP contribution in [0.5, 0.6) is 5.75 Å². The summed E-state index contributed by atoms with van der Waals surface area (Å²) in [6, 6.07) is 5.61. The maximum absolute atomic E-state index is 12.2. The highest BCUT2D eigenvalue weighted by molar-refractivity contribution is 5.84. The molecule has 28 heavy (non-hydrogen) atoms. The minimum Gasteiger partial charge on any atom is -0.482 e. The number of likely N-dealkylation sites (tertiary alicyclic amines) is 1. The molecule has 1 atom stereocenters. The van der Waals surface area contributed by atoms with Gasteiger partial charge in [0, 0.05) is 30.5 Å². The largest absolute Gasteiger partial charge is 0.482 e. The molecule has 1 aliphatic carbocycles. The Kier molecular flexibility index (Phi) is 5.55. The average molecular weight is 385 g/mol. The lowest BCUT2D eigenvalue weighted by molar-refractivity contribution is -0.154. The van der Waals surface area contributed by atoms with E-state index in [0.717, 1.165) is 61.9 Å². The second kappa shape index (κ2) is 8.25. The van der Waals surface area contributed by atoms with Gasteiger partial charge in [0.05, 0.1) is 0 Å². The highest BCUT2D eigenvalue weighted by Crippen LogP contribution is 2.33. The summed E-state index contributed by atoms with van der Waals surface area (Å²) < 4.78 is 16.6. The Bertz CT molecular complexity index is 871. The summed E-state index contributed by atoms with van der Waals surface area (Å²) in [6.07, 6.45) is 6.48. The molecule has 1 aliphatic heterocycles. The van der Waals surface area contributed by atoms with Crippen molar-refractivity contribution in [2.24, 2.45) is 5.92 Å². The van der Waals surface area contributed by atoms with Crippen molar-refractivity contribution in [1.82, 2.24) is 4.90 Å². The molecule has 1 amide bonds. The molecular formula is C22H27NO5. The smallest absolute Gasteiger partial charge is 0.344 e. The van der Waals surface area contributed by atoms with Gasteiger partial charge in [-0.1, -0.05) is 6.92 Å². The fraction of sp³-hybridized carbons (Fsp3) is 0.545. The number of piperidine rings is 1. The summed E-state index contributed by atoms with van der Waals surface area (Å²) in [6.45, 7) is 3.18. The lowest BCUT2D eigenvalue weighted by Crippen LogP contribution is -2.41. The van der Waals surface area contributed by atoms with Crippen molar-refractivity contribution in [2.45, 2.75) is 45.4 Å². The van der Waals surface area contributed by atoms with Gasteiger partial charge in [-0.05, 0) is 56.2 Å². The van der Waals surface area contributed by atoms with Crippen LogP contribution in [0.4, 0.5) is 0 Å². The first-order valence-electron chi connectivity index (χ1n) is 10.2. The monoisotopic (exact) mass is 385 g/mol. The van der Waals surface area contributed by atoms with Gasteiger partial charge in [0.25, 0.3) is 5.91 Å². The van der Waals surface area contributed by atoms with Gasteiger partial charge in [-0.2, -0.15) is 0 Å². The van der Waals surface area contributed by atoms with Crippen LogP contribution < -0.4 is 4.74 Å². The first kappa shape index (κ1) is 18.8. The molecule has 2 aromatic rings. The van der Waals surface area contributed by atoms with E-state index in [4.69, 9.17) is 13.9 Å². The summed E-state index contributed by atoms with van der Waals surface area (Å²) in [5, 5.41) is 1.06. The molecule has 150 valence electrons. The number of aryl methyl sites for hydroxylation is 2. The predicted octanol–water partition coefficient (Wildman–Crippen LogP) is 3.49. The number of rotatable bonds is 5. The van der Waals surface area contributed by atoms with Crippen molar-refractivity contribution in [3.8, 4) is 5.75 Å². The number of fused-ring (bicyclic) bond motifs is 3. The molecule has 0 bridgehead atoms. The molecule has 4 rings (SSSR count). The molecule has 0 spiro atoms. The van der Waals surface area contributed by atoms with Crippen LogP contribution in [0, 0.1) is 5.92 Å². The van der Waals surface area contributed by atoms with E-state index < -0.39 is 5.97 Å². The highest BCUT2D eigenvalue weighted by atomic mass is 16.6. The van der Waals surface area contributed by atoms with Gasteiger partial charge in [0.1, 0.15) is 17.1 Å². The van der Waals surface area contributed by atoms with Crippen molar-refractivity contribution in [1.29, 1.82) is 0 Å². The molecule has 0 radical (unpaired) electrons. The van der Waals surface area contributed by atoms with E-state index in [1.165, 1.54) is 12.0 Å². The Labute approximate surface area is 164 Å². The van der Waals surface area contributed by atoms with Crippen molar-refractivity contribution >= 4 is 22.8 Å². The van der Waals surface area contributed by atoms with E-state index in [0.29, 0.717) is 11.7 Å². The van der Waals surface area contributed by atoms with Gasteiger partial charge in [-0.25, -0.2) is 4.79 Å². The second-order valence-electron chi connectivity index (χ2n) is 7.91. The number of furan rings is 1. The standard InChI is InChI=1S/C22H27NO5/c1-15-5-4-10-23(12-15)21(24)13-27-22(25)14-26-16-8-9-20-18(11-16)17-6-2-3-7-19(17)28-20/h8-9,11,15H,2-7,10,12-14H2,1H3. The van der Waals surface area contributed by atoms with E-state index in [1.807, 2.05) is 12.1 Å². The predicted molar refractivity (Wildman–Crippen MR) is 104 cm³/mol. The quantitative estimate of drug-likeness (QED) is 0.737. The zero-order valence-electron chi connectivity index (χ0n) is 16.4. The first-order valence-corrected chi connectivity index (χ1v) is 10.2. The minimum atomic E-state index is -0.535. The van der Waals surface area contributed by atoms with E-state index in [1.54, 1.807) is 11.0 Å². The van der Waals surface area contributed by atoms with Gasteiger partial charge in [0.15, 0.2) is 13.2 Å². The zero-order valence-corrected chi connectivity index (χ0v) is 16.4. The van der Waals surface area contributed by atoms with Crippen LogP contribution in [0.2, 0.25) is 0 Å². The maximum atomic E-state index is 12.2. The van der Waals surface area contributed by atoms with Crippen molar-refractivity contribution in [3.05, 3.63) is 29.5 Å². The van der Waals surface area contributed by atoms with Crippen molar-refractivity contribution in [3.63, 3.8) is 0 Å². The lowest BCUT2D eigenvalue weighted by atomic mass is 9.96. The van der Waals surface area contributed by atoms with Crippen LogP contribution in [0.25, 0.3) is 11.0 Å². The molecule has 1 fully saturated rings. The van der Waals surface area contributed by atoms with Crippen LogP contribution in [0.1, 0.15) is 43.9 Å². The Morgan fingerprint density at radius 2 is 2.04 bits per heavy atom. The van der Waals surface area contributed by atoms with Crippen LogP contribution in [0.3, 0.4) is 0 Å². The molecule has 1 aromatic heterocycles. The Balaban J connectivity index is 1.29. The number of amides is 1. The summed E-state index contributed by atoms with van der Waals surface area (Å²) in [7, 11) is 0. The number of benzene rings is 1. The Morgan fingerprint density at radius 3 is 2.89 bits per heavy atom. The first-order chi connectivity index (χ1) is 13.6. The Morgan fingerprint density at radius 1 is 1.18 bits per heavy atom. The number of esters is 1. The van der Waals surface area contributed by atoms with E-state index in [2.05, 4.69) is 6.92 Å². The van der Waals surface area contributed by atoms with Crippen LogP contribution in [-0.4, -0.2) is 43.1 Å². The molecule has 6 nitrogen and oxygen atoms in total. The molecule has 2 heterocycles. The summed E-state index contributed by atoms with van der Waals surface area (Å²) in [5.41, 5.74) is 2.12. The highest BCUT2D eigenvalue weighted by Gasteiger charge is 2.22. The zero-order chi connectivity index (χ0) is 19.5. The summed E-state index contributed by atoms with van der Waals surface area (Å²) in [5.74, 6) is 1.51. The third-order valence-corrected chi connectivity index (χ3v) is 5.65. The number of carbonyl (C=O) groups is 2. The summed E-state index contributed by atoms with van der Waals surface area (Å²) in [4.78, 5) is 25.9. The summed E-state index contributed by atoms with van der Waals surface area (Å²) >= 11 is 0. The van der Waals surface area contributed by atoms with E-state index >= 15 is 0 Å². The molecule has 1 saturated heterocycles. The fourth-order valence-corrected chi connectivity index (χ4v) is 4.16. The maximum Gasteiger partial charge on any atom is 0.344 e. The van der Waals surface area contributed by atoms with Gasteiger partial charge < -0.3 is 18.8 Å². The van der Waals surface area contributed by atoms with Gasteiger partial charge in [0.2, 0.25) is 0 Å². The third kappa shape index (κ3) is 4.16. The molecule has 6 heteroatoms. The van der Waals surface area contributed by atoms with E-state index in [-0.39, 0.29) is 19.1 Å². The van der Waals surface area contributed by atoms with Crippen LogP contribution in [0.15, 0.2) is 22.6 Å².